The molecule has 112 valence electrons. The summed E-state index contributed by atoms with van der Waals surface area (Å²) in [6, 6.07) is 16.3. The Balaban J connectivity index is 1.92. The molecule has 0 unspecified atom stereocenters. The molecule has 4 aromatic rings. The topological polar surface area (TPSA) is 43.6 Å². The van der Waals surface area contributed by atoms with Crippen molar-refractivity contribution in [3.63, 3.8) is 0 Å². The van der Waals surface area contributed by atoms with Crippen molar-refractivity contribution in [3.8, 4) is 11.4 Å². The zero-order valence-electron chi connectivity index (χ0n) is 12.8. The molecular weight excluding hydrogens is 284 g/mol. The van der Waals surface area contributed by atoms with E-state index in [4.69, 9.17) is 4.98 Å². The number of hydrogen-bond donors (Lipinski definition) is 0. The predicted octanol–water partition coefficient (Wildman–Crippen LogP) is 3.85. The first-order valence-electron chi connectivity index (χ1n) is 7.59. The normalized spacial score (nSPS) is 11.0. The van der Waals surface area contributed by atoms with E-state index in [9.17, 15) is 0 Å². The summed E-state index contributed by atoms with van der Waals surface area (Å²) in [5.41, 5.74) is 5.33. The van der Waals surface area contributed by atoms with Crippen molar-refractivity contribution in [1.82, 2.24) is 19.5 Å². The second kappa shape index (κ2) is 5.65. The molecule has 0 aliphatic heterocycles. The summed E-state index contributed by atoms with van der Waals surface area (Å²) < 4.78 is 2.16. The highest BCUT2D eigenvalue weighted by molar-refractivity contribution is 5.77. The average Bonchev–Trinajstić information content (AvgIpc) is 2.96. The van der Waals surface area contributed by atoms with Crippen molar-refractivity contribution >= 4 is 11.2 Å². The van der Waals surface area contributed by atoms with E-state index in [1.165, 1.54) is 11.1 Å². The molecule has 4 rings (SSSR count). The summed E-state index contributed by atoms with van der Waals surface area (Å²) in [4.78, 5) is 13.5. The van der Waals surface area contributed by atoms with Crippen molar-refractivity contribution in [1.29, 1.82) is 0 Å². The molecule has 0 spiro atoms. The zero-order valence-corrected chi connectivity index (χ0v) is 12.8. The number of imidazole rings is 1. The van der Waals surface area contributed by atoms with E-state index in [1.54, 1.807) is 6.20 Å². The molecule has 1 aromatic carbocycles. The summed E-state index contributed by atoms with van der Waals surface area (Å²) in [5, 5.41) is 0. The molecule has 0 amide bonds. The van der Waals surface area contributed by atoms with Crippen LogP contribution in [0.25, 0.3) is 22.6 Å². The highest BCUT2D eigenvalue weighted by atomic mass is 15.1. The van der Waals surface area contributed by atoms with Crippen LogP contribution in [0.3, 0.4) is 0 Å². The second-order valence-electron chi connectivity index (χ2n) is 5.54. The van der Waals surface area contributed by atoms with Gasteiger partial charge in [-0.3, -0.25) is 4.98 Å². The van der Waals surface area contributed by atoms with Gasteiger partial charge in [0, 0.05) is 24.2 Å². The van der Waals surface area contributed by atoms with Crippen LogP contribution in [0.1, 0.15) is 11.1 Å². The van der Waals surface area contributed by atoms with E-state index in [0.29, 0.717) is 0 Å². The molecule has 0 aliphatic carbocycles. The van der Waals surface area contributed by atoms with E-state index in [0.717, 1.165) is 29.1 Å². The molecule has 0 fully saturated rings. The van der Waals surface area contributed by atoms with Gasteiger partial charge in [0.15, 0.2) is 5.65 Å². The van der Waals surface area contributed by atoms with Gasteiger partial charge in [-0.05, 0) is 42.3 Å². The lowest BCUT2D eigenvalue weighted by Gasteiger charge is -2.10. The minimum absolute atomic E-state index is 0.740. The van der Waals surface area contributed by atoms with Crippen molar-refractivity contribution < 1.29 is 0 Å². The third kappa shape index (κ3) is 2.48. The molecule has 0 bridgehead atoms. The van der Waals surface area contributed by atoms with Gasteiger partial charge < -0.3 is 4.57 Å². The molecule has 0 aliphatic rings. The Morgan fingerprint density at radius 2 is 1.83 bits per heavy atom. The Morgan fingerprint density at radius 3 is 2.65 bits per heavy atom. The number of aromatic nitrogens is 4. The van der Waals surface area contributed by atoms with Gasteiger partial charge >= 0.3 is 0 Å². The number of benzene rings is 1. The molecular formula is C19H16N4. The number of nitrogens with zero attached hydrogens (tertiary/aromatic N) is 4. The van der Waals surface area contributed by atoms with Crippen LogP contribution in [-0.4, -0.2) is 19.5 Å². The number of fused-ring (bicyclic) bond motifs is 1. The third-order valence-corrected chi connectivity index (χ3v) is 4.01. The van der Waals surface area contributed by atoms with Crippen LogP contribution in [-0.2, 0) is 6.54 Å². The fourth-order valence-corrected chi connectivity index (χ4v) is 2.78. The maximum Gasteiger partial charge on any atom is 0.160 e. The van der Waals surface area contributed by atoms with E-state index >= 15 is 0 Å². The van der Waals surface area contributed by atoms with E-state index in [1.807, 2.05) is 36.7 Å². The Morgan fingerprint density at radius 1 is 0.957 bits per heavy atom. The highest BCUT2D eigenvalue weighted by Crippen LogP contribution is 2.24. The van der Waals surface area contributed by atoms with Crippen LogP contribution < -0.4 is 0 Å². The number of aryl methyl sites for hydroxylation is 1. The molecule has 0 radical (unpaired) electrons. The van der Waals surface area contributed by atoms with Crippen LogP contribution in [0.5, 0.6) is 0 Å². The molecule has 0 saturated heterocycles. The minimum Gasteiger partial charge on any atom is -0.304 e. The molecule has 3 heterocycles. The lowest BCUT2D eigenvalue weighted by atomic mass is 10.1. The molecule has 0 atom stereocenters. The summed E-state index contributed by atoms with van der Waals surface area (Å²) in [6.45, 7) is 2.87. The molecule has 4 nitrogen and oxygen atoms in total. The zero-order chi connectivity index (χ0) is 15.6. The molecule has 0 N–H and O–H groups in total. The number of pyridine rings is 2. The van der Waals surface area contributed by atoms with Crippen LogP contribution in [0, 0.1) is 6.92 Å². The van der Waals surface area contributed by atoms with Crippen molar-refractivity contribution in [2.75, 3.05) is 0 Å². The SMILES string of the molecule is Cc1ccccc1Cn1c(-c2cccnc2)nc2cccnc21. The van der Waals surface area contributed by atoms with Crippen LogP contribution in [0.15, 0.2) is 67.1 Å². The van der Waals surface area contributed by atoms with Crippen molar-refractivity contribution in [3.05, 3.63) is 78.2 Å². The van der Waals surface area contributed by atoms with E-state index < -0.39 is 0 Å². The predicted molar refractivity (Wildman–Crippen MR) is 91.0 cm³/mol. The Labute approximate surface area is 134 Å². The maximum absolute atomic E-state index is 4.77. The Hall–Kier alpha value is -3.01. The highest BCUT2D eigenvalue weighted by Gasteiger charge is 2.14. The smallest absolute Gasteiger partial charge is 0.160 e. The molecule has 4 heteroatoms. The average molecular weight is 300 g/mol. The van der Waals surface area contributed by atoms with E-state index in [2.05, 4.69) is 45.7 Å². The van der Waals surface area contributed by atoms with Crippen LogP contribution >= 0.6 is 0 Å². The lowest BCUT2D eigenvalue weighted by molar-refractivity contribution is 0.817. The first-order chi connectivity index (χ1) is 11.3. The van der Waals surface area contributed by atoms with Gasteiger partial charge in [-0.25, -0.2) is 9.97 Å². The summed E-state index contributed by atoms with van der Waals surface area (Å²) in [5.74, 6) is 0.898. The van der Waals surface area contributed by atoms with Gasteiger partial charge in [0.1, 0.15) is 11.3 Å². The first kappa shape index (κ1) is 13.6. The van der Waals surface area contributed by atoms with Gasteiger partial charge in [0.05, 0.1) is 6.54 Å². The van der Waals surface area contributed by atoms with Gasteiger partial charge in [0.25, 0.3) is 0 Å². The van der Waals surface area contributed by atoms with Gasteiger partial charge in [-0.1, -0.05) is 24.3 Å². The molecule has 23 heavy (non-hydrogen) atoms. The summed E-state index contributed by atoms with van der Waals surface area (Å²) >= 11 is 0. The number of hydrogen-bond acceptors (Lipinski definition) is 3. The standard InChI is InChI=1S/C19H16N4/c1-14-6-2-3-7-16(14)13-23-18(15-8-4-10-20-12-15)22-17-9-5-11-21-19(17)23/h2-12H,13H2,1H3. The maximum atomic E-state index is 4.77. The number of rotatable bonds is 3. The quantitative estimate of drug-likeness (QED) is 0.577. The van der Waals surface area contributed by atoms with Gasteiger partial charge in [0.2, 0.25) is 0 Å². The fourth-order valence-electron chi connectivity index (χ4n) is 2.78. The summed E-state index contributed by atoms with van der Waals surface area (Å²) in [7, 11) is 0. The summed E-state index contributed by atoms with van der Waals surface area (Å²) in [6.07, 6.45) is 5.43. The first-order valence-corrected chi connectivity index (χ1v) is 7.59. The van der Waals surface area contributed by atoms with Crippen LogP contribution in [0.4, 0.5) is 0 Å². The van der Waals surface area contributed by atoms with Crippen LogP contribution in [0.2, 0.25) is 0 Å². The molecule has 3 aromatic heterocycles. The van der Waals surface area contributed by atoms with E-state index in [-0.39, 0.29) is 0 Å². The Bertz CT molecular complexity index is 957. The Kier molecular flexibility index (Phi) is 3.35. The largest absolute Gasteiger partial charge is 0.304 e. The van der Waals surface area contributed by atoms with Crippen molar-refractivity contribution in [2.45, 2.75) is 13.5 Å². The lowest BCUT2D eigenvalue weighted by Crippen LogP contribution is -2.04. The van der Waals surface area contributed by atoms with Gasteiger partial charge in [-0.15, -0.1) is 0 Å². The second-order valence-corrected chi connectivity index (χ2v) is 5.54. The van der Waals surface area contributed by atoms with Gasteiger partial charge in [-0.2, -0.15) is 0 Å². The van der Waals surface area contributed by atoms with Crippen molar-refractivity contribution in [2.24, 2.45) is 0 Å². The molecule has 0 saturated carbocycles. The third-order valence-electron chi connectivity index (χ3n) is 4.01. The fraction of sp³-hybridized carbons (Fsp3) is 0.105. The monoisotopic (exact) mass is 300 g/mol. The minimum atomic E-state index is 0.740.